The number of nitrogens with zero attached hydrogens (tertiary/aromatic N) is 7. The second-order valence-electron chi connectivity index (χ2n) is 3.72. The van der Waals surface area contributed by atoms with E-state index in [2.05, 4.69) is 25.0 Å². The van der Waals surface area contributed by atoms with Crippen molar-refractivity contribution in [1.82, 2.24) is 34.4 Å². The lowest BCUT2D eigenvalue weighted by Gasteiger charge is -2.05. The molecule has 3 aromatic heterocycles. The molecule has 3 rings (SSSR count). The molecule has 3 heterocycles. The van der Waals surface area contributed by atoms with Crippen LogP contribution in [0.4, 0.5) is 5.82 Å². The molecule has 9 heteroatoms. The normalized spacial score (nSPS) is 10.9. The third-order valence-corrected chi connectivity index (χ3v) is 3.10. The highest BCUT2D eigenvalue weighted by Gasteiger charge is 2.16. The fourth-order valence-electron chi connectivity index (χ4n) is 1.71. The predicted octanol–water partition coefficient (Wildman–Crippen LogP) is 0.161. The largest absolute Gasteiger partial charge is 0.380 e. The second-order valence-corrected chi connectivity index (χ2v) is 4.33. The molecule has 0 aliphatic carbocycles. The Kier molecular flexibility index (Phi) is 2.52. The highest BCUT2D eigenvalue weighted by Crippen LogP contribution is 2.23. The van der Waals surface area contributed by atoms with Gasteiger partial charge in [-0.05, 0) is 17.6 Å². The highest BCUT2D eigenvalue weighted by molar-refractivity contribution is 7.03. The Labute approximate surface area is 106 Å². The summed E-state index contributed by atoms with van der Waals surface area (Å²) in [5.74, 6) is 0.377. The molecule has 0 saturated carbocycles. The zero-order valence-corrected chi connectivity index (χ0v) is 10.4. The van der Waals surface area contributed by atoms with E-state index < -0.39 is 0 Å². The fraction of sp³-hybridized carbons (Fsp3) is 0.222. The average molecular weight is 262 g/mol. The van der Waals surface area contributed by atoms with E-state index in [1.54, 1.807) is 15.6 Å². The Morgan fingerprint density at radius 1 is 1.39 bits per heavy atom. The lowest BCUT2D eigenvalue weighted by molar-refractivity contribution is 0.637. The molecule has 18 heavy (non-hydrogen) atoms. The molecule has 8 nitrogen and oxygen atoms in total. The van der Waals surface area contributed by atoms with Gasteiger partial charge in [0.25, 0.3) is 0 Å². The first kappa shape index (κ1) is 10.8. The molecular weight excluding hydrogens is 252 g/mol. The minimum Gasteiger partial charge on any atom is -0.380 e. The van der Waals surface area contributed by atoms with Crippen molar-refractivity contribution in [3.63, 3.8) is 0 Å². The molecule has 0 fully saturated rings. The molecule has 0 radical (unpaired) electrons. The molecule has 0 aliphatic heterocycles. The van der Waals surface area contributed by atoms with Gasteiger partial charge in [-0.3, -0.25) is 4.68 Å². The molecule has 0 bridgehead atoms. The number of aryl methyl sites for hydroxylation is 1. The van der Waals surface area contributed by atoms with Crippen LogP contribution in [0.1, 0.15) is 5.69 Å². The van der Waals surface area contributed by atoms with Gasteiger partial charge in [-0.25, -0.2) is 4.68 Å². The van der Waals surface area contributed by atoms with Crippen molar-refractivity contribution in [2.75, 3.05) is 5.73 Å². The second kappa shape index (κ2) is 4.18. The number of aromatic nitrogens is 7. The Bertz CT molecular complexity index is 652. The van der Waals surface area contributed by atoms with E-state index in [0.717, 1.165) is 17.1 Å². The minimum absolute atomic E-state index is 0.377. The molecule has 0 aromatic carbocycles. The van der Waals surface area contributed by atoms with Crippen LogP contribution in [0.5, 0.6) is 0 Å². The van der Waals surface area contributed by atoms with Gasteiger partial charge in [-0.2, -0.15) is 5.10 Å². The number of hydrogen-bond donors (Lipinski definition) is 1. The van der Waals surface area contributed by atoms with Crippen LogP contribution in [0.25, 0.3) is 11.4 Å². The Hall–Kier alpha value is -2.29. The molecule has 0 saturated heterocycles. The monoisotopic (exact) mass is 262 g/mol. The summed E-state index contributed by atoms with van der Waals surface area (Å²) in [6.45, 7) is 0.487. The van der Waals surface area contributed by atoms with Crippen molar-refractivity contribution in [2.45, 2.75) is 6.54 Å². The Balaban J connectivity index is 2.04. The minimum atomic E-state index is 0.377. The van der Waals surface area contributed by atoms with Crippen LogP contribution in [0, 0.1) is 0 Å². The van der Waals surface area contributed by atoms with Crippen molar-refractivity contribution in [2.24, 2.45) is 7.05 Å². The van der Waals surface area contributed by atoms with Gasteiger partial charge < -0.3 is 5.73 Å². The third-order valence-electron chi connectivity index (χ3n) is 2.54. The number of nitrogens with two attached hydrogens (primary N) is 1. The van der Waals surface area contributed by atoms with Crippen molar-refractivity contribution in [3.05, 3.63) is 23.3 Å². The number of anilines is 1. The van der Waals surface area contributed by atoms with Crippen LogP contribution < -0.4 is 5.73 Å². The molecule has 0 amide bonds. The van der Waals surface area contributed by atoms with Gasteiger partial charge in [-0.15, -0.1) is 10.2 Å². The quantitative estimate of drug-likeness (QED) is 0.721. The molecular formula is C9H10N8S. The summed E-state index contributed by atoms with van der Waals surface area (Å²) in [6, 6.07) is 1.87. The molecule has 3 aromatic rings. The molecule has 0 spiro atoms. The van der Waals surface area contributed by atoms with Gasteiger partial charge in [0.05, 0.1) is 17.9 Å². The van der Waals surface area contributed by atoms with E-state index in [1.165, 1.54) is 11.5 Å². The smallest absolute Gasteiger partial charge is 0.175 e. The average Bonchev–Trinajstić information content (AvgIpc) is 3.04. The first-order valence-corrected chi connectivity index (χ1v) is 6.02. The third kappa shape index (κ3) is 1.74. The maximum absolute atomic E-state index is 5.86. The number of nitrogen functional groups attached to an aromatic ring is 1. The highest BCUT2D eigenvalue weighted by atomic mass is 32.1. The van der Waals surface area contributed by atoms with Gasteiger partial charge in [-0.1, -0.05) is 9.70 Å². The van der Waals surface area contributed by atoms with Crippen LogP contribution in [0.15, 0.2) is 17.6 Å². The summed E-state index contributed by atoms with van der Waals surface area (Å²) < 4.78 is 7.24. The Morgan fingerprint density at radius 2 is 2.28 bits per heavy atom. The van der Waals surface area contributed by atoms with Crippen LogP contribution in [0.2, 0.25) is 0 Å². The number of hydrogen-bond acceptors (Lipinski definition) is 7. The van der Waals surface area contributed by atoms with Gasteiger partial charge >= 0.3 is 0 Å². The van der Waals surface area contributed by atoms with Crippen molar-refractivity contribution < 1.29 is 0 Å². The SMILES string of the molecule is Cn1nccc1-c1c(N)nnn1Cc1csnn1. The summed E-state index contributed by atoms with van der Waals surface area (Å²) in [6.07, 6.45) is 1.70. The van der Waals surface area contributed by atoms with E-state index in [9.17, 15) is 0 Å². The zero-order valence-electron chi connectivity index (χ0n) is 9.56. The summed E-state index contributed by atoms with van der Waals surface area (Å²) >= 11 is 1.30. The van der Waals surface area contributed by atoms with Crippen molar-refractivity contribution in [3.8, 4) is 11.4 Å². The maximum Gasteiger partial charge on any atom is 0.175 e. The predicted molar refractivity (Wildman–Crippen MR) is 65.6 cm³/mol. The summed E-state index contributed by atoms with van der Waals surface area (Å²) in [5, 5.41) is 17.9. The van der Waals surface area contributed by atoms with Crippen molar-refractivity contribution in [1.29, 1.82) is 0 Å². The van der Waals surface area contributed by atoms with Gasteiger partial charge in [0.1, 0.15) is 5.69 Å². The van der Waals surface area contributed by atoms with E-state index in [1.807, 2.05) is 18.5 Å². The van der Waals surface area contributed by atoms with Crippen molar-refractivity contribution >= 4 is 17.4 Å². The van der Waals surface area contributed by atoms with Gasteiger partial charge in [0.15, 0.2) is 5.82 Å². The maximum atomic E-state index is 5.86. The summed E-state index contributed by atoms with van der Waals surface area (Å²) in [5.41, 5.74) is 8.29. The van der Waals surface area contributed by atoms with E-state index >= 15 is 0 Å². The van der Waals surface area contributed by atoms with Crippen LogP contribution >= 0.6 is 11.5 Å². The zero-order chi connectivity index (χ0) is 12.5. The van der Waals surface area contributed by atoms with Crippen LogP contribution in [-0.4, -0.2) is 34.4 Å². The Morgan fingerprint density at radius 3 is 2.94 bits per heavy atom. The lowest BCUT2D eigenvalue weighted by Crippen LogP contribution is -2.07. The summed E-state index contributed by atoms with van der Waals surface area (Å²) in [7, 11) is 1.84. The molecule has 0 unspecified atom stereocenters. The summed E-state index contributed by atoms with van der Waals surface area (Å²) in [4.78, 5) is 0. The fourth-order valence-corrected chi connectivity index (χ4v) is 2.16. The first-order valence-electron chi connectivity index (χ1n) is 5.19. The standard InChI is InChI=1S/C9H10N8S/c1-16-7(2-3-11-16)8-9(10)13-14-17(8)4-6-5-18-15-12-6/h2-3,5H,4,10H2,1H3. The molecule has 92 valence electrons. The van der Waals surface area contributed by atoms with Crippen LogP contribution in [-0.2, 0) is 13.6 Å². The topological polar surface area (TPSA) is 100 Å². The van der Waals surface area contributed by atoms with E-state index in [-0.39, 0.29) is 0 Å². The number of rotatable bonds is 3. The molecule has 0 atom stereocenters. The van der Waals surface area contributed by atoms with E-state index in [4.69, 9.17) is 5.73 Å². The lowest BCUT2D eigenvalue weighted by atomic mass is 10.3. The van der Waals surface area contributed by atoms with Gasteiger partial charge in [0.2, 0.25) is 0 Å². The van der Waals surface area contributed by atoms with Crippen LogP contribution in [0.3, 0.4) is 0 Å². The van der Waals surface area contributed by atoms with Gasteiger partial charge in [0, 0.05) is 18.6 Å². The molecule has 2 N–H and O–H groups in total. The van der Waals surface area contributed by atoms with E-state index in [0.29, 0.717) is 12.4 Å². The molecule has 0 aliphatic rings. The first-order chi connectivity index (χ1) is 8.75.